The number of hydrogen-bond acceptors (Lipinski definition) is 3. The Labute approximate surface area is 107 Å². The SMILES string of the molecule is CC(C)N1CCC(N2CCN(C)CC2(C)C)C1. The molecule has 0 aromatic carbocycles. The first-order valence-corrected chi connectivity index (χ1v) is 7.09. The molecule has 2 rings (SSSR count). The predicted octanol–water partition coefficient (Wildman–Crippen LogP) is 1.50. The number of hydrogen-bond donors (Lipinski definition) is 0. The Hall–Kier alpha value is -0.120. The number of likely N-dealkylation sites (N-methyl/N-ethyl adjacent to an activating group) is 1. The zero-order valence-electron chi connectivity index (χ0n) is 12.2. The van der Waals surface area contributed by atoms with E-state index in [2.05, 4.69) is 49.4 Å². The lowest BCUT2D eigenvalue weighted by Crippen LogP contribution is -2.61. The van der Waals surface area contributed by atoms with Gasteiger partial charge in [0.15, 0.2) is 0 Å². The molecule has 0 aromatic rings. The number of nitrogens with zero attached hydrogens (tertiary/aromatic N) is 3. The second kappa shape index (κ2) is 4.87. The lowest BCUT2D eigenvalue weighted by Gasteiger charge is -2.49. The molecule has 2 aliphatic heterocycles. The van der Waals surface area contributed by atoms with Gasteiger partial charge in [-0.15, -0.1) is 0 Å². The van der Waals surface area contributed by atoms with Gasteiger partial charge in [-0.1, -0.05) is 0 Å². The van der Waals surface area contributed by atoms with Crippen molar-refractivity contribution >= 4 is 0 Å². The van der Waals surface area contributed by atoms with Crippen molar-refractivity contribution < 1.29 is 0 Å². The molecule has 0 saturated carbocycles. The van der Waals surface area contributed by atoms with Gasteiger partial charge in [0.25, 0.3) is 0 Å². The molecule has 1 atom stereocenters. The highest BCUT2D eigenvalue weighted by Gasteiger charge is 2.39. The van der Waals surface area contributed by atoms with Crippen molar-refractivity contribution in [1.82, 2.24) is 14.7 Å². The van der Waals surface area contributed by atoms with Crippen LogP contribution in [0.4, 0.5) is 0 Å². The van der Waals surface area contributed by atoms with E-state index in [0.29, 0.717) is 11.6 Å². The summed E-state index contributed by atoms with van der Waals surface area (Å²) in [4.78, 5) is 7.85. The van der Waals surface area contributed by atoms with Crippen LogP contribution < -0.4 is 0 Å². The molecule has 3 heteroatoms. The zero-order valence-corrected chi connectivity index (χ0v) is 12.2. The third kappa shape index (κ3) is 2.83. The molecular weight excluding hydrogens is 210 g/mol. The third-order valence-corrected chi connectivity index (χ3v) is 4.52. The topological polar surface area (TPSA) is 9.72 Å². The Kier molecular flexibility index (Phi) is 3.81. The maximum absolute atomic E-state index is 2.76. The van der Waals surface area contributed by atoms with Gasteiger partial charge in [-0.2, -0.15) is 0 Å². The van der Waals surface area contributed by atoms with Crippen molar-refractivity contribution in [2.45, 2.75) is 51.7 Å². The molecule has 0 amide bonds. The van der Waals surface area contributed by atoms with Crippen LogP contribution in [0, 0.1) is 0 Å². The van der Waals surface area contributed by atoms with E-state index in [4.69, 9.17) is 0 Å². The van der Waals surface area contributed by atoms with Crippen molar-refractivity contribution in [3.63, 3.8) is 0 Å². The van der Waals surface area contributed by atoms with Crippen LogP contribution in [0.25, 0.3) is 0 Å². The quantitative estimate of drug-likeness (QED) is 0.723. The van der Waals surface area contributed by atoms with Gasteiger partial charge in [0, 0.05) is 50.3 Å². The van der Waals surface area contributed by atoms with E-state index < -0.39 is 0 Å². The Morgan fingerprint density at radius 2 is 1.82 bits per heavy atom. The molecule has 0 aromatic heterocycles. The fourth-order valence-corrected chi connectivity index (χ4v) is 3.58. The zero-order chi connectivity index (χ0) is 12.6. The third-order valence-electron chi connectivity index (χ3n) is 4.52. The van der Waals surface area contributed by atoms with Crippen LogP contribution in [0.1, 0.15) is 34.1 Å². The van der Waals surface area contributed by atoms with Gasteiger partial charge >= 0.3 is 0 Å². The minimum atomic E-state index is 0.338. The largest absolute Gasteiger partial charge is 0.303 e. The predicted molar refractivity (Wildman–Crippen MR) is 73.4 cm³/mol. The van der Waals surface area contributed by atoms with Crippen LogP contribution in [0.3, 0.4) is 0 Å². The fraction of sp³-hybridized carbons (Fsp3) is 1.00. The Morgan fingerprint density at radius 1 is 1.12 bits per heavy atom. The molecule has 100 valence electrons. The normalized spacial score (nSPS) is 32.5. The van der Waals surface area contributed by atoms with Crippen molar-refractivity contribution in [1.29, 1.82) is 0 Å². The molecule has 0 spiro atoms. The highest BCUT2D eigenvalue weighted by atomic mass is 15.3. The summed E-state index contributed by atoms with van der Waals surface area (Å²) < 4.78 is 0. The Morgan fingerprint density at radius 3 is 2.35 bits per heavy atom. The standard InChI is InChI=1S/C14H29N3/c1-12(2)16-7-6-13(10-16)17-9-8-15(5)11-14(17,3)4/h12-13H,6-11H2,1-5H3. The van der Waals surface area contributed by atoms with Crippen molar-refractivity contribution in [2.24, 2.45) is 0 Å². The maximum Gasteiger partial charge on any atom is 0.0284 e. The summed E-state index contributed by atoms with van der Waals surface area (Å²) in [5.74, 6) is 0. The number of piperazine rings is 1. The second-order valence-corrected chi connectivity index (χ2v) is 6.77. The molecule has 2 fully saturated rings. The molecular formula is C14H29N3. The van der Waals surface area contributed by atoms with Crippen molar-refractivity contribution in [3.8, 4) is 0 Å². The minimum Gasteiger partial charge on any atom is -0.303 e. The monoisotopic (exact) mass is 239 g/mol. The van der Waals surface area contributed by atoms with Gasteiger partial charge in [-0.3, -0.25) is 9.80 Å². The van der Waals surface area contributed by atoms with Crippen LogP contribution >= 0.6 is 0 Å². The molecule has 2 aliphatic rings. The van der Waals surface area contributed by atoms with Crippen molar-refractivity contribution in [2.75, 3.05) is 39.8 Å². The van der Waals surface area contributed by atoms with Gasteiger partial charge in [-0.25, -0.2) is 0 Å². The van der Waals surface area contributed by atoms with E-state index in [1.807, 2.05) is 0 Å². The summed E-state index contributed by atoms with van der Waals surface area (Å²) in [6.07, 6.45) is 1.35. The van der Waals surface area contributed by atoms with E-state index in [0.717, 1.165) is 6.04 Å². The lowest BCUT2D eigenvalue weighted by atomic mass is 9.96. The summed E-state index contributed by atoms with van der Waals surface area (Å²) in [6.45, 7) is 15.7. The van der Waals surface area contributed by atoms with E-state index >= 15 is 0 Å². The van der Waals surface area contributed by atoms with Gasteiger partial charge in [-0.05, 0) is 41.2 Å². The van der Waals surface area contributed by atoms with Gasteiger partial charge in [0.1, 0.15) is 0 Å². The lowest BCUT2D eigenvalue weighted by molar-refractivity contribution is 0.000149. The summed E-state index contributed by atoms with van der Waals surface area (Å²) in [5, 5.41) is 0. The Bertz CT molecular complexity index is 262. The first kappa shape index (κ1) is 13.3. The molecule has 0 N–H and O–H groups in total. The van der Waals surface area contributed by atoms with Crippen LogP contribution in [-0.4, -0.2) is 72.1 Å². The molecule has 3 nitrogen and oxygen atoms in total. The van der Waals surface area contributed by atoms with Gasteiger partial charge in [0.05, 0.1) is 0 Å². The summed E-state index contributed by atoms with van der Waals surface area (Å²) in [6, 6.07) is 1.48. The highest BCUT2D eigenvalue weighted by Crippen LogP contribution is 2.27. The molecule has 17 heavy (non-hydrogen) atoms. The Balaban J connectivity index is 1.98. The number of rotatable bonds is 2. The molecule has 2 saturated heterocycles. The van der Waals surface area contributed by atoms with Gasteiger partial charge < -0.3 is 4.90 Å². The van der Waals surface area contributed by atoms with Crippen LogP contribution in [0.15, 0.2) is 0 Å². The summed E-state index contributed by atoms with van der Waals surface area (Å²) >= 11 is 0. The first-order chi connectivity index (χ1) is 7.90. The van der Waals surface area contributed by atoms with E-state index in [9.17, 15) is 0 Å². The molecule has 2 heterocycles. The van der Waals surface area contributed by atoms with E-state index in [1.165, 1.54) is 39.1 Å². The molecule has 0 radical (unpaired) electrons. The van der Waals surface area contributed by atoms with Crippen molar-refractivity contribution in [3.05, 3.63) is 0 Å². The maximum atomic E-state index is 2.76. The average molecular weight is 239 g/mol. The molecule has 0 bridgehead atoms. The fourth-order valence-electron chi connectivity index (χ4n) is 3.58. The van der Waals surface area contributed by atoms with E-state index in [1.54, 1.807) is 0 Å². The first-order valence-electron chi connectivity index (χ1n) is 7.09. The van der Waals surface area contributed by atoms with Gasteiger partial charge in [0.2, 0.25) is 0 Å². The average Bonchev–Trinajstić information content (AvgIpc) is 2.64. The van der Waals surface area contributed by atoms with E-state index in [-0.39, 0.29) is 0 Å². The minimum absolute atomic E-state index is 0.338. The molecule has 1 unspecified atom stereocenters. The summed E-state index contributed by atoms with van der Waals surface area (Å²) in [7, 11) is 2.24. The smallest absolute Gasteiger partial charge is 0.0284 e. The van der Waals surface area contributed by atoms with Crippen LogP contribution in [0.5, 0.6) is 0 Å². The van der Waals surface area contributed by atoms with Crippen LogP contribution in [-0.2, 0) is 0 Å². The summed E-state index contributed by atoms with van der Waals surface area (Å²) in [5.41, 5.74) is 0.338. The van der Waals surface area contributed by atoms with Crippen LogP contribution in [0.2, 0.25) is 0 Å². The molecule has 0 aliphatic carbocycles. The highest BCUT2D eigenvalue weighted by molar-refractivity contribution is 4.96. The second-order valence-electron chi connectivity index (χ2n) is 6.77. The number of likely N-dealkylation sites (tertiary alicyclic amines) is 1.